The highest BCUT2D eigenvalue weighted by atomic mass is 35.5. The average Bonchev–Trinajstić information content (AvgIpc) is 3.70. The van der Waals surface area contributed by atoms with Gasteiger partial charge in [-0.25, -0.2) is 19.3 Å². The van der Waals surface area contributed by atoms with Crippen molar-refractivity contribution >= 4 is 69.9 Å². The van der Waals surface area contributed by atoms with E-state index in [0.29, 0.717) is 28.1 Å². The highest BCUT2D eigenvalue weighted by Gasteiger charge is 2.48. The van der Waals surface area contributed by atoms with E-state index >= 15 is 4.39 Å². The lowest BCUT2D eigenvalue weighted by atomic mass is 9.71. The summed E-state index contributed by atoms with van der Waals surface area (Å²) in [7, 11) is 0. The molecule has 1 atom stereocenters. The van der Waals surface area contributed by atoms with Crippen molar-refractivity contribution in [3.05, 3.63) is 94.7 Å². The molecular weight excluding hydrogens is 793 g/mol. The predicted molar refractivity (Wildman–Crippen MR) is 219 cm³/mol. The van der Waals surface area contributed by atoms with E-state index in [-0.39, 0.29) is 52.1 Å². The van der Waals surface area contributed by atoms with Gasteiger partial charge >= 0.3 is 0 Å². The zero-order chi connectivity index (χ0) is 41.4. The van der Waals surface area contributed by atoms with Gasteiger partial charge in [0.15, 0.2) is 0 Å². The number of piperidine rings is 2. The SMILES string of the molecule is Nc1nccn2c(N3CCC4(CC3)CN(CC3CN(c5ccc6c(c5)C(=O)N(C5CCC(=O)NC5=O)C6=O)C3)C4)nc(-c3ccc(C(=O)Nc4cc(Cl)ccn4)cc3F)c12. The number of carbonyl (C=O) groups is 5. The first-order valence-electron chi connectivity index (χ1n) is 19.9. The molecule has 60 heavy (non-hydrogen) atoms. The molecule has 16 nitrogen and oxygen atoms in total. The molecule has 1 spiro atoms. The van der Waals surface area contributed by atoms with Gasteiger partial charge in [-0.15, -0.1) is 0 Å². The Labute approximate surface area is 347 Å². The van der Waals surface area contributed by atoms with Gasteiger partial charge in [-0.05, 0) is 73.2 Å². The van der Waals surface area contributed by atoms with Crippen molar-refractivity contribution < 1.29 is 28.4 Å². The number of carbonyl (C=O) groups excluding carboxylic acids is 5. The van der Waals surface area contributed by atoms with Crippen molar-refractivity contribution in [1.82, 2.24) is 34.5 Å². The molecule has 5 aliphatic heterocycles. The number of hydrogen-bond donors (Lipinski definition) is 3. The highest BCUT2D eigenvalue weighted by Crippen LogP contribution is 2.43. The Hall–Kier alpha value is -6.46. The number of pyridine rings is 1. The predicted octanol–water partition coefficient (Wildman–Crippen LogP) is 3.86. The number of imidazole rings is 1. The van der Waals surface area contributed by atoms with Crippen LogP contribution < -0.4 is 26.2 Å². The highest BCUT2D eigenvalue weighted by molar-refractivity contribution is 6.30. The molecule has 4 N–H and O–H groups in total. The van der Waals surface area contributed by atoms with Crippen LogP contribution in [0.3, 0.4) is 0 Å². The van der Waals surface area contributed by atoms with E-state index in [4.69, 9.17) is 22.3 Å². The van der Waals surface area contributed by atoms with E-state index in [1.807, 2.05) is 10.5 Å². The van der Waals surface area contributed by atoms with Crippen molar-refractivity contribution in [2.24, 2.45) is 11.3 Å². The molecule has 0 saturated carbocycles. The minimum Gasteiger partial charge on any atom is -0.382 e. The number of halogens is 2. The number of aromatic nitrogens is 4. The summed E-state index contributed by atoms with van der Waals surface area (Å²) in [6.07, 6.45) is 7.00. The third-order valence-corrected chi connectivity index (χ3v) is 12.7. The van der Waals surface area contributed by atoms with Gasteiger partial charge in [-0.3, -0.25) is 38.6 Å². The number of imide groups is 2. The Kier molecular flexibility index (Phi) is 9.05. The third kappa shape index (κ3) is 6.48. The molecule has 8 heterocycles. The summed E-state index contributed by atoms with van der Waals surface area (Å²) in [5.41, 5.74) is 9.15. The van der Waals surface area contributed by atoms with Crippen LogP contribution in [0.5, 0.6) is 0 Å². The van der Waals surface area contributed by atoms with Crippen molar-refractivity contribution in [3.63, 3.8) is 0 Å². The van der Waals surface area contributed by atoms with Gasteiger partial charge in [-0.1, -0.05) is 11.6 Å². The lowest BCUT2D eigenvalue weighted by Gasteiger charge is -2.56. The van der Waals surface area contributed by atoms with Gasteiger partial charge in [-0.2, -0.15) is 0 Å². The second-order valence-corrected chi connectivity index (χ2v) is 16.8. The first-order chi connectivity index (χ1) is 28.9. The van der Waals surface area contributed by atoms with Crippen LogP contribution in [0, 0.1) is 17.2 Å². The quantitative estimate of drug-likeness (QED) is 0.192. The van der Waals surface area contributed by atoms with E-state index in [1.54, 1.807) is 30.6 Å². The number of rotatable bonds is 8. The van der Waals surface area contributed by atoms with E-state index in [9.17, 15) is 24.0 Å². The number of nitrogens with zero attached hydrogens (tertiary/aromatic N) is 8. The minimum atomic E-state index is -0.988. The van der Waals surface area contributed by atoms with Crippen molar-refractivity contribution in [2.45, 2.75) is 31.7 Å². The monoisotopic (exact) mass is 831 g/mol. The van der Waals surface area contributed by atoms with Gasteiger partial charge in [0.1, 0.15) is 34.7 Å². The van der Waals surface area contributed by atoms with Crippen LogP contribution in [0.2, 0.25) is 5.02 Å². The molecule has 4 fully saturated rings. The van der Waals surface area contributed by atoms with Gasteiger partial charge < -0.3 is 25.8 Å². The molecule has 0 aliphatic carbocycles. The minimum absolute atomic E-state index is 0.0789. The first kappa shape index (κ1) is 37.8. The summed E-state index contributed by atoms with van der Waals surface area (Å²) in [5, 5.41) is 5.28. The van der Waals surface area contributed by atoms with Gasteiger partial charge in [0.2, 0.25) is 17.8 Å². The molecule has 0 radical (unpaired) electrons. The molecule has 10 rings (SSSR count). The third-order valence-electron chi connectivity index (χ3n) is 12.5. The lowest BCUT2D eigenvalue weighted by Crippen LogP contribution is -2.63. The number of amides is 5. The smallest absolute Gasteiger partial charge is 0.262 e. The molecule has 1 unspecified atom stereocenters. The molecule has 18 heteroatoms. The molecule has 306 valence electrons. The largest absolute Gasteiger partial charge is 0.382 e. The molecule has 0 bridgehead atoms. The molecule has 2 aromatic carbocycles. The number of fused-ring (bicyclic) bond motifs is 2. The van der Waals surface area contributed by atoms with E-state index < -0.39 is 41.4 Å². The Morgan fingerprint density at radius 1 is 0.933 bits per heavy atom. The van der Waals surface area contributed by atoms with Crippen LogP contribution in [0.4, 0.5) is 27.7 Å². The topological polar surface area (TPSA) is 191 Å². The molecule has 5 aromatic rings. The number of anilines is 4. The second kappa shape index (κ2) is 14.4. The number of benzene rings is 2. The second-order valence-electron chi connectivity index (χ2n) is 16.4. The summed E-state index contributed by atoms with van der Waals surface area (Å²) in [5.74, 6) is -1.60. The fourth-order valence-electron chi connectivity index (χ4n) is 9.41. The Morgan fingerprint density at radius 2 is 1.70 bits per heavy atom. The maximum absolute atomic E-state index is 15.8. The van der Waals surface area contributed by atoms with Crippen molar-refractivity contribution in [2.75, 3.05) is 66.7 Å². The van der Waals surface area contributed by atoms with Crippen LogP contribution in [0.15, 0.2) is 67.1 Å². The fourth-order valence-corrected chi connectivity index (χ4v) is 9.57. The van der Waals surface area contributed by atoms with E-state index in [2.05, 4.69) is 35.3 Å². The van der Waals surface area contributed by atoms with Gasteiger partial charge in [0, 0.05) is 98.6 Å². The number of nitrogens with one attached hydrogen (secondary N) is 2. The number of nitrogen functional groups attached to an aromatic ring is 1. The number of likely N-dealkylation sites (tertiary alicyclic amines) is 1. The molecule has 5 amide bonds. The van der Waals surface area contributed by atoms with Crippen LogP contribution in [0.1, 0.15) is 56.8 Å². The van der Waals surface area contributed by atoms with Crippen LogP contribution in [0.25, 0.3) is 16.8 Å². The molecular formula is C42H39ClFN11O5. The van der Waals surface area contributed by atoms with Crippen LogP contribution in [-0.4, -0.2) is 111 Å². The molecule has 3 aromatic heterocycles. The summed E-state index contributed by atoms with van der Waals surface area (Å²) in [6.45, 7) is 6.19. The Morgan fingerprint density at radius 3 is 2.45 bits per heavy atom. The van der Waals surface area contributed by atoms with Crippen LogP contribution in [-0.2, 0) is 9.59 Å². The standard InChI is InChI=1S/C42H39ClFN11O5/c43-25-7-10-46-32(16-25)48-37(57)24-1-3-28(30(44)15-24)34-35-36(45)47-11-14-54(35)41(50-34)52-12-8-42(9-13-52)21-51(22-42)18-23-19-53(20-23)26-2-4-27-29(17-26)40(60)55(39(27)59)31-5-6-33(56)49-38(31)58/h1-4,7,10-11,14-17,23,31H,5-6,8-9,12-13,18-22H2,(H2,45,47)(H,46,48,57)(H,49,56,58). The molecule has 5 aliphatic rings. The summed E-state index contributed by atoms with van der Waals surface area (Å²) < 4.78 is 17.7. The Balaban J connectivity index is 0.749. The molecule has 4 saturated heterocycles. The zero-order valence-electron chi connectivity index (χ0n) is 32.2. The maximum Gasteiger partial charge on any atom is 0.262 e. The van der Waals surface area contributed by atoms with Crippen molar-refractivity contribution in [3.8, 4) is 11.3 Å². The number of hydrogen-bond acceptors (Lipinski definition) is 12. The van der Waals surface area contributed by atoms with Gasteiger partial charge in [0.05, 0.1) is 11.1 Å². The first-order valence-corrected chi connectivity index (χ1v) is 20.2. The maximum atomic E-state index is 15.8. The zero-order valence-corrected chi connectivity index (χ0v) is 33.0. The average molecular weight is 832 g/mol. The summed E-state index contributed by atoms with van der Waals surface area (Å²) >= 11 is 6.01. The fraction of sp³-hybridized carbons (Fsp3) is 0.333. The van der Waals surface area contributed by atoms with Crippen molar-refractivity contribution in [1.29, 1.82) is 0 Å². The summed E-state index contributed by atoms with van der Waals surface area (Å²) in [6, 6.07) is 11.6. The Bertz CT molecular complexity index is 2650. The van der Waals surface area contributed by atoms with E-state index in [1.165, 1.54) is 30.5 Å². The lowest BCUT2D eigenvalue weighted by molar-refractivity contribution is -0.136. The normalized spacial score (nSPS) is 20.4. The number of nitrogens with two attached hydrogens (primary N) is 1. The van der Waals surface area contributed by atoms with E-state index in [0.717, 1.165) is 69.2 Å². The van der Waals surface area contributed by atoms with Gasteiger partial charge in [0.25, 0.3) is 17.7 Å². The summed E-state index contributed by atoms with van der Waals surface area (Å²) in [4.78, 5) is 84.6. The van der Waals surface area contributed by atoms with Crippen LogP contribution >= 0.6 is 11.6 Å².